The molecule has 2 aliphatic heterocycles. The highest BCUT2D eigenvalue weighted by Gasteiger charge is 2.43. The molecule has 1 amide bonds. The molecule has 3 heterocycles. The van der Waals surface area contributed by atoms with E-state index in [4.69, 9.17) is 4.74 Å². The first-order valence-corrected chi connectivity index (χ1v) is 9.67. The van der Waals surface area contributed by atoms with Crippen molar-refractivity contribution in [3.8, 4) is 0 Å². The summed E-state index contributed by atoms with van der Waals surface area (Å²) in [5, 5.41) is 4.31. The molecule has 0 unspecified atom stereocenters. The number of hydrogen-bond acceptors (Lipinski definition) is 5. The van der Waals surface area contributed by atoms with E-state index >= 15 is 0 Å². The van der Waals surface area contributed by atoms with Gasteiger partial charge in [-0.3, -0.25) is 13.9 Å². The molecule has 1 aromatic heterocycles. The lowest BCUT2D eigenvalue weighted by molar-refractivity contribution is 0.00914. The Morgan fingerprint density at radius 1 is 1.29 bits per heavy atom. The monoisotopic (exact) mass is 356 g/mol. The largest absolute Gasteiger partial charge is 0.444 e. The van der Waals surface area contributed by atoms with Gasteiger partial charge in [0.2, 0.25) is 10.0 Å². The number of carbonyl (C=O) groups is 1. The molecule has 0 saturated carbocycles. The summed E-state index contributed by atoms with van der Waals surface area (Å²) in [5.41, 5.74) is 0.718. The number of ether oxygens (including phenoxy) is 1. The fourth-order valence-electron chi connectivity index (χ4n) is 3.17. The molecule has 0 spiro atoms. The topological polar surface area (TPSA) is 84.7 Å². The number of nitrogens with zero attached hydrogens (tertiary/aromatic N) is 4. The maximum absolute atomic E-state index is 12.5. The maximum atomic E-state index is 12.5. The van der Waals surface area contributed by atoms with Gasteiger partial charge in [-0.05, 0) is 34.6 Å². The zero-order valence-electron chi connectivity index (χ0n) is 14.7. The van der Waals surface area contributed by atoms with E-state index < -0.39 is 21.7 Å². The van der Waals surface area contributed by atoms with Crippen LogP contribution in [0.1, 0.15) is 40.3 Å². The summed E-state index contributed by atoms with van der Waals surface area (Å²) < 4.78 is 32.8. The van der Waals surface area contributed by atoms with Crippen molar-refractivity contribution in [1.82, 2.24) is 14.7 Å². The molecule has 1 aromatic rings. The molecule has 0 bridgehead atoms. The summed E-state index contributed by atoms with van der Waals surface area (Å²) in [6, 6.07) is -0.163. The van der Waals surface area contributed by atoms with E-state index in [1.165, 1.54) is 4.31 Å². The van der Waals surface area contributed by atoms with E-state index in [0.29, 0.717) is 12.2 Å². The molecule has 24 heavy (non-hydrogen) atoms. The zero-order valence-corrected chi connectivity index (χ0v) is 15.5. The number of rotatable bonds is 1. The molecule has 0 radical (unpaired) electrons. The molecule has 8 nitrogen and oxygen atoms in total. The average Bonchev–Trinajstić information content (AvgIpc) is 2.77. The van der Waals surface area contributed by atoms with Gasteiger partial charge >= 0.3 is 6.09 Å². The van der Waals surface area contributed by atoms with Crippen molar-refractivity contribution in [2.75, 3.05) is 10.1 Å². The Hall–Kier alpha value is -1.77. The Labute approximate surface area is 142 Å². The van der Waals surface area contributed by atoms with E-state index in [-0.39, 0.29) is 24.4 Å². The minimum atomic E-state index is -3.26. The Bertz CT molecular complexity index is 765. The van der Waals surface area contributed by atoms with Crippen molar-refractivity contribution in [3.63, 3.8) is 0 Å². The Morgan fingerprint density at radius 3 is 2.50 bits per heavy atom. The summed E-state index contributed by atoms with van der Waals surface area (Å²) in [4.78, 5) is 14.1. The Kier molecular flexibility index (Phi) is 3.82. The number of hydrogen-bond donors (Lipinski definition) is 0. The van der Waals surface area contributed by atoms with Gasteiger partial charge in [-0.1, -0.05) is 0 Å². The first-order chi connectivity index (χ1) is 11.0. The summed E-state index contributed by atoms with van der Waals surface area (Å²) in [7, 11) is -3.26. The van der Waals surface area contributed by atoms with Gasteiger partial charge in [-0.25, -0.2) is 13.2 Å². The van der Waals surface area contributed by atoms with Crippen molar-refractivity contribution >= 4 is 21.8 Å². The van der Waals surface area contributed by atoms with Gasteiger partial charge in [0.25, 0.3) is 0 Å². The van der Waals surface area contributed by atoms with E-state index in [1.807, 2.05) is 34.6 Å². The van der Waals surface area contributed by atoms with Gasteiger partial charge in [0.05, 0.1) is 48.5 Å². The number of amides is 1. The predicted molar refractivity (Wildman–Crippen MR) is 89.2 cm³/mol. The SMILES string of the molecule is C[C@H]1Cn2ncc(N3[C@@H](C)CS3(=O)=O)c2CN1C(=O)OC(C)(C)C. The minimum absolute atomic E-state index is 0.0782. The molecule has 9 heteroatoms. The van der Waals surface area contributed by atoms with Crippen LogP contribution >= 0.6 is 0 Å². The first-order valence-electron chi connectivity index (χ1n) is 8.06. The molecule has 1 saturated heterocycles. The van der Waals surface area contributed by atoms with Crippen LogP contribution in [0.5, 0.6) is 0 Å². The number of sulfonamides is 1. The van der Waals surface area contributed by atoms with Gasteiger partial charge in [0.1, 0.15) is 5.60 Å². The molecular formula is C15H24N4O4S. The third kappa shape index (κ3) is 2.85. The molecule has 1 fully saturated rings. The molecule has 3 rings (SSSR count). The van der Waals surface area contributed by atoms with Crippen LogP contribution in [0.25, 0.3) is 0 Å². The lowest BCUT2D eigenvalue weighted by Gasteiger charge is -2.41. The third-order valence-corrected chi connectivity index (χ3v) is 6.29. The van der Waals surface area contributed by atoms with Crippen molar-refractivity contribution < 1.29 is 17.9 Å². The van der Waals surface area contributed by atoms with E-state index in [2.05, 4.69) is 5.10 Å². The normalized spacial score (nSPS) is 25.9. The molecule has 134 valence electrons. The van der Waals surface area contributed by atoms with Crippen molar-refractivity contribution in [1.29, 1.82) is 0 Å². The van der Waals surface area contributed by atoms with Gasteiger partial charge in [0.15, 0.2) is 0 Å². The lowest BCUT2D eigenvalue weighted by Crippen LogP contribution is -2.56. The van der Waals surface area contributed by atoms with Crippen LogP contribution in [-0.4, -0.2) is 52.6 Å². The van der Waals surface area contributed by atoms with Crippen LogP contribution < -0.4 is 4.31 Å². The molecule has 0 aromatic carbocycles. The van der Waals surface area contributed by atoms with E-state index in [0.717, 1.165) is 5.69 Å². The summed E-state index contributed by atoms with van der Waals surface area (Å²) in [6.07, 6.45) is 1.18. The lowest BCUT2D eigenvalue weighted by atomic mass is 10.2. The number of aromatic nitrogens is 2. The second-order valence-electron chi connectivity index (χ2n) is 7.54. The molecule has 2 atom stereocenters. The fraction of sp³-hybridized carbons (Fsp3) is 0.733. The van der Waals surface area contributed by atoms with Crippen LogP contribution in [-0.2, 0) is 27.8 Å². The van der Waals surface area contributed by atoms with E-state index in [1.54, 1.807) is 15.8 Å². The van der Waals surface area contributed by atoms with Crippen LogP contribution in [0.3, 0.4) is 0 Å². The van der Waals surface area contributed by atoms with Gasteiger partial charge < -0.3 is 4.74 Å². The molecule has 0 aliphatic carbocycles. The highest BCUT2D eigenvalue weighted by Crippen LogP contribution is 2.35. The summed E-state index contributed by atoms with van der Waals surface area (Å²) in [6.45, 7) is 10.1. The van der Waals surface area contributed by atoms with Gasteiger partial charge in [-0.2, -0.15) is 5.10 Å². The predicted octanol–water partition coefficient (Wildman–Crippen LogP) is 1.56. The standard InChI is InChI=1S/C15H24N4O4S/c1-10-7-18-13(8-17(10)14(20)23-15(3,4)5)12(6-16-18)19-11(2)9-24(19,21)22/h6,10-11H,7-9H2,1-5H3/t10-,11-/m0/s1. The molecule has 0 N–H and O–H groups in total. The number of carbonyl (C=O) groups excluding carboxylic acids is 1. The van der Waals surface area contributed by atoms with Crippen LogP contribution in [0.4, 0.5) is 10.5 Å². The van der Waals surface area contributed by atoms with Gasteiger partial charge in [-0.15, -0.1) is 0 Å². The Morgan fingerprint density at radius 2 is 1.96 bits per heavy atom. The highest BCUT2D eigenvalue weighted by atomic mass is 32.2. The molecular weight excluding hydrogens is 332 g/mol. The van der Waals surface area contributed by atoms with Crippen LogP contribution in [0.15, 0.2) is 6.20 Å². The maximum Gasteiger partial charge on any atom is 0.410 e. The summed E-state index contributed by atoms with van der Waals surface area (Å²) in [5.74, 6) is 0.143. The number of fused-ring (bicyclic) bond motifs is 1. The van der Waals surface area contributed by atoms with Crippen molar-refractivity contribution in [2.24, 2.45) is 0 Å². The quantitative estimate of drug-likeness (QED) is 0.762. The second kappa shape index (κ2) is 5.37. The number of anilines is 1. The smallest absolute Gasteiger partial charge is 0.410 e. The van der Waals surface area contributed by atoms with E-state index in [9.17, 15) is 13.2 Å². The van der Waals surface area contributed by atoms with Crippen LogP contribution in [0.2, 0.25) is 0 Å². The minimum Gasteiger partial charge on any atom is -0.444 e. The van der Waals surface area contributed by atoms with Crippen molar-refractivity contribution in [3.05, 3.63) is 11.9 Å². The average molecular weight is 356 g/mol. The Balaban J connectivity index is 1.89. The summed E-state index contributed by atoms with van der Waals surface area (Å²) >= 11 is 0. The van der Waals surface area contributed by atoms with Gasteiger partial charge in [0, 0.05) is 0 Å². The first kappa shape index (κ1) is 17.1. The zero-order chi connectivity index (χ0) is 17.9. The third-order valence-electron chi connectivity index (χ3n) is 4.23. The highest BCUT2D eigenvalue weighted by molar-refractivity contribution is 7.94. The van der Waals surface area contributed by atoms with Crippen LogP contribution in [0, 0.1) is 0 Å². The fourth-order valence-corrected chi connectivity index (χ4v) is 4.90. The molecule has 2 aliphatic rings. The second-order valence-corrected chi connectivity index (χ2v) is 9.43. The van der Waals surface area contributed by atoms with Crippen molar-refractivity contribution in [2.45, 2.75) is 65.4 Å².